The number of rotatable bonds is 31. The summed E-state index contributed by atoms with van der Waals surface area (Å²) >= 11 is 1.79. The first-order valence-electron chi connectivity index (χ1n) is 17.6. The molecule has 0 saturated carbocycles. The van der Waals surface area contributed by atoms with Gasteiger partial charge in [-0.3, -0.25) is 9.59 Å². The molecule has 0 bridgehead atoms. The van der Waals surface area contributed by atoms with Gasteiger partial charge in [0.05, 0.1) is 13.0 Å². The zero-order valence-corrected chi connectivity index (χ0v) is 28.2. The summed E-state index contributed by atoms with van der Waals surface area (Å²) in [6.45, 7) is 9.32. The van der Waals surface area contributed by atoms with Gasteiger partial charge in [0.25, 0.3) is 0 Å². The molecule has 0 radical (unpaired) electrons. The molecule has 2 unspecified atom stereocenters. The molecule has 0 fully saturated rings. The number of nitrogens with one attached hydrogen (secondary N) is 1. The minimum Gasteiger partial charge on any atom is -0.466 e. The topological polar surface area (TPSA) is 55.4 Å². The molecule has 0 aliphatic carbocycles. The molecule has 4 nitrogen and oxygen atoms in total. The standard InChI is InChI=1S/C35H69NO3S/c1-5-8-10-12-14-15-16-17-18-19-20-21-23-25-29-39-34(37)28-31-40-30-27-32(4)36-35(38)33(7-3)26-24-22-13-11-9-6-2/h32-33H,5-31H2,1-4H3,(H,36,38). The first-order chi connectivity index (χ1) is 19.5. The first-order valence-corrected chi connectivity index (χ1v) is 18.7. The lowest BCUT2D eigenvalue weighted by atomic mass is 9.96. The second-order valence-corrected chi connectivity index (χ2v) is 13.3. The number of thioether (sulfide) groups is 1. The molecule has 0 heterocycles. The fourth-order valence-corrected chi connectivity index (χ4v) is 6.23. The highest BCUT2D eigenvalue weighted by Crippen LogP contribution is 2.17. The molecule has 0 saturated heterocycles. The van der Waals surface area contributed by atoms with Gasteiger partial charge in [0, 0.05) is 17.7 Å². The van der Waals surface area contributed by atoms with Gasteiger partial charge >= 0.3 is 5.97 Å². The SMILES string of the molecule is CCCCCCCCCCCCCCCCOC(=O)CCSCCC(C)NC(=O)C(CC)CCCCCCCC. The smallest absolute Gasteiger partial charge is 0.306 e. The van der Waals surface area contributed by atoms with Crippen molar-refractivity contribution >= 4 is 23.6 Å². The van der Waals surface area contributed by atoms with E-state index in [0.29, 0.717) is 13.0 Å². The van der Waals surface area contributed by atoms with Gasteiger partial charge in [-0.25, -0.2) is 0 Å². The second-order valence-electron chi connectivity index (χ2n) is 12.0. The molecule has 40 heavy (non-hydrogen) atoms. The van der Waals surface area contributed by atoms with Crippen LogP contribution in [0.1, 0.15) is 182 Å². The monoisotopic (exact) mass is 583 g/mol. The van der Waals surface area contributed by atoms with Crippen LogP contribution in [0.4, 0.5) is 0 Å². The average Bonchev–Trinajstić information content (AvgIpc) is 2.94. The summed E-state index contributed by atoms with van der Waals surface area (Å²) in [4.78, 5) is 24.6. The predicted octanol–water partition coefficient (Wildman–Crippen LogP) is 10.8. The summed E-state index contributed by atoms with van der Waals surface area (Å²) in [7, 11) is 0. The first kappa shape index (κ1) is 39.3. The van der Waals surface area contributed by atoms with Crippen LogP contribution in [0.15, 0.2) is 0 Å². The second kappa shape index (κ2) is 31.2. The van der Waals surface area contributed by atoms with Crippen molar-refractivity contribution in [3.63, 3.8) is 0 Å². The molecule has 1 N–H and O–H groups in total. The van der Waals surface area contributed by atoms with Gasteiger partial charge in [0.15, 0.2) is 0 Å². The largest absolute Gasteiger partial charge is 0.466 e. The highest BCUT2D eigenvalue weighted by atomic mass is 32.2. The van der Waals surface area contributed by atoms with Crippen molar-refractivity contribution < 1.29 is 14.3 Å². The Morgan fingerprint density at radius 1 is 0.625 bits per heavy atom. The lowest BCUT2D eigenvalue weighted by Crippen LogP contribution is -2.37. The highest BCUT2D eigenvalue weighted by molar-refractivity contribution is 7.99. The normalized spacial score (nSPS) is 12.8. The predicted molar refractivity (Wildman–Crippen MR) is 177 cm³/mol. The quantitative estimate of drug-likeness (QED) is 0.0651. The molecule has 0 aliphatic rings. The molecule has 2 atom stereocenters. The number of ether oxygens (including phenoxy) is 1. The van der Waals surface area contributed by atoms with Crippen molar-refractivity contribution in [1.29, 1.82) is 0 Å². The minimum atomic E-state index is -0.0657. The van der Waals surface area contributed by atoms with Crippen LogP contribution in [0.2, 0.25) is 0 Å². The van der Waals surface area contributed by atoms with Crippen molar-refractivity contribution in [2.24, 2.45) is 5.92 Å². The number of hydrogen-bond donors (Lipinski definition) is 1. The summed E-state index contributed by atoms with van der Waals surface area (Å²) in [5.74, 6) is 2.07. The lowest BCUT2D eigenvalue weighted by molar-refractivity contribution is -0.143. The van der Waals surface area contributed by atoms with Crippen LogP contribution < -0.4 is 5.32 Å². The third-order valence-corrected chi connectivity index (χ3v) is 9.08. The van der Waals surface area contributed by atoms with Crippen molar-refractivity contribution in [2.45, 2.75) is 188 Å². The number of hydrogen-bond acceptors (Lipinski definition) is 4. The molecule has 5 heteroatoms. The number of carbonyl (C=O) groups is 2. The third-order valence-electron chi connectivity index (χ3n) is 8.07. The molecule has 238 valence electrons. The molecule has 0 aromatic heterocycles. The maximum absolute atomic E-state index is 12.6. The van der Waals surface area contributed by atoms with E-state index in [2.05, 4.69) is 33.0 Å². The van der Waals surface area contributed by atoms with E-state index >= 15 is 0 Å². The molecule has 0 aromatic carbocycles. The van der Waals surface area contributed by atoms with Crippen molar-refractivity contribution in [2.75, 3.05) is 18.1 Å². The van der Waals surface area contributed by atoms with Crippen LogP contribution in [0.3, 0.4) is 0 Å². The Kier molecular flexibility index (Phi) is 30.7. The minimum absolute atomic E-state index is 0.0657. The fourth-order valence-electron chi connectivity index (χ4n) is 5.20. The molecular weight excluding hydrogens is 514 g/mol. The van der Waals surface area contributed by atoms with E-state index in [0.717, 1.165) is 43.6 Å². The van der Waals surface area contributed by atoms with E-state index in [4.69, 9.17) is 4.74 Å². The summed E-state index contributed by atoms with van der Waals surface area (Å²) < 4.78 is 5.42. The van der Waals surface area contributed by atoms with Crippen LogP contribution in [0.25, 0.3) is 0 Å². The van der Waals surface area contributed by atoms with Gasteiger partial charge in [-0.1, -0.05) is 143 Å². The van der Waals surface area contributed by atoms with Crippen LogP contribution in [0, 0.1) is 5.92 Å². The van der Waals surface area contributed by atoms with Crippen molar-refractivity contribution in [3.8, 4) is 0 Å². The van der Waals surface area contributed by atoms with Gasteiger partial charge in [0.2, 0.25) is 5.91 Å². The van der Waals surface area contributed by atoms with Crippen molar-refractivity contribution in [3.05, 3.63) is 0 Å². The van der Waals surface area contributed by atoms with E-state index in [-0.39, 0.29) is 23.8 Å². The van der Waals surface area contributed by atoms with E-state index < -0.39 is 0 Å². The molecule has 1 amide bonds. The van der Waals surface area contributed by atoms with Crippen LogP contribution >= 0.6 is 11.8 Å². The Morgan fingerprint density at radius 3 is 1.60 bits per heavy atom. The molecule has 0 aliphatic heterocycles. The number of amides is 1. The summed E-state index contributed by atoms with van der Waals surface area (Å²) in [6.07, 6.45) is 29.7. The van der Waals surface area contributed by atoms with Crippen molar-refractivity contribution in [1.82, 2.24) is 5.32 Å². The van der Waals surface area contributed by atoms with Gasteiger partial charge in [-0.15, -0.1) is 0 Å². The summed E-state index contributed by atoms with van der Waals surface area (Å²) in [5.41, 5.74) is 0. The zero-order valence-electron chi connectivity index (χ0n) is 27.4. The number of esters is 1. The highest BCUT2D eigenvalue weighted by Gasteiger charge is 2.17. The summed E-state index contributed by atoms with van der Waals surface area (Å²) in [6, 6.07) is 0.186. The van der Waals surface area contributed by atoms with E-state index in [1.54, 1.807) is 11.8 Å². The molecule has 0 spiro atoms. The summed E-state index contributed by atoms with van der Waals surface area (Å²) in [5, 5.41) is 3.22. The molecule has 0 aromatic rings. The molecular formula is C35H69NO3S. The van der Waals surface area contributed by atoms with E-state index in [9.17, 15) is 9.59 Å². The average molecular weight is 584 g/mol. The Bertz CT molecular complexity index is 557. The van der Waals surface area contributed by atoms with Gasteiger partial charge in [-0.05, 0) is 38.4 Å². The fraction of sp³-hybridized carbons (Fsp3) is 0.943. The van der Waals surface area contributed by atoms with Crippen LogP contribution in [-0.4, -0.2) is 36.0 Å². The maximum atomic E-state index is 12.6. The lowest BCUT2D eigenvalue weighted by Gasteiger charge is -2.19. The van der Waals surface area contributed by atoms with Crippen LogP contribution in [0.5, 0.6) is 0 Å². The molecule has 0 rings (SSSR count). The number of unbranched alkanes of at least 4 members (excludes halogenated alkanes) is 18. The third kappa shape index (κ3) is 27.5. The van der Waals surface area contributed by atoms with Crippen LogP contribution in [-0.2, 0) is 14.3 Å². The Balaban J connectivity index is 3.53. The Hall–Kier alpha value is -0.710. The zero-order chi connectivity index (χ0) is 29.5. The van der Waals surface area contributed by atoms with Gasteiger partial charge in [-0.2, -0.15) is 11.8 Å². The number of carbonyl (C=O) groups excluding carboxylic acids is 2. The Morgan fingerprint density at radius 2 is 1.10 bits per heavy atom. The van der Waals surface area contributed by atoms with Gasteiger partial charge < -0.3 is 10.1 Å². The maximum Gasteiger partial charge on any atom is 0.306 e. The van der Waals surface area contributed by atoms with E-state index in [1.807, 2.05) is 0 Å². The Labute approximate surface area is 254 Å². The van der Waals surface area contributed by atoms with Gasteiger partial charge in [0.1, 0.15) is 0 Å². The van der Waals surface area contributed by atoms with E-state index in [1.165, 1.54) is 116 Å².